The molecule has 0 spiro atoms. The fourth-order valence-corrected chi connectivity index (χ4v) is 1.64. The van der Waals surface area contributed by atoms with Crippen LogP contribution in [0.3, 0.4) is 0 Å². The molecular weight excluding hydrogens is 258 g/mol. The van der Waals surface area contributed by atoms with Gasteiger partial charge in [-0.1, -0.05) is 18.2 Å². The summed E-state index contributed by atoms with van der Waals surface area (Å²) in [5.74, 6) is 1.25. The van der Waals surface area contributed by atoms with Crippen LogP contribution in [0.5, 0.6) is 11.5 Å². The van der Waals surface area contributed by atoms with E-state index < -0.39 is 0 Å². The van der Waals surface area contributed by atoms with E-state index in [0.29, 0.717) is 22.7 Å². The number of nitrogens with two attached hydrogens (primary N) is 1. The topological polar surface area (TPSA) is 71.1 Å². The van der Waals surface area contributed by atoms with E-state index in [2.05, 4.69) is 11.4 Å². The Morgan fingerprint density at radius 3 is 2.58 bits per heavy atom. The summed E-state index contributed by atoms with van der Waals surface area (Å²) >= 11 is 4.81. The predicted molar refractivity (Wildman–Crippen MR) is 78.1 cm³/mol. The van der Waals surface area contributed by atoms with Crippen LogP contribution >= 0.6 is 12.2 Å². The van der Waals surface area contributed by atoms with Crippen molar-refractivity contribution in [2.45, 2.75) is 0 Å². The number of nitriles is 1. The van der Waals surface area contributed by atoms with Gasteiger partial charge in [0, 0.05) is 0 Å². The van der Waals surface area contributed by atoms with Crippen LogP contribution in [0.4, 0.5) is 5.69 Å². The van der Waals surface area contributed by atoms with E-state index in [4.69, 9.17) is 28.0 Å². The van der Waals surface area contributed by atoms with Gasteiger partial charge in [0.2, 0.25) is 0 Å². The molecule has 0 atom stereocenters. The number of nitrogens with zero attached hydrogens (tertiary/aromatic N) is 1. The fraction of sp³-hybridized carbons (Fsp3) is 0. The molecule has 5 heteroatoms. The summed E-state index contributed by atoms with van der Waals surface area (Å²) < 4.78 is 5.72. The van der Waals surface area contributed by atoms with Crippen LogP contribution in [0, 0.1) is 11.3 Å². The second kappa shape index (κ2) is 5.85. The zero-order valence-electron chi connectivity index (χ0n) is 9.96. The van der Waals surface area contributed by atoms with E-state index >= 15 is 0 Å². The third-order valence-corrected chi connectivity index (χ3v) is 2.44. The van der Waals surface area contributed by atoms with Crippen molar-refractivity contribution in [2.24, 2.45) is 5.73 Å². The fourth-order valence-electron chi connectivity index (χ4n) is 1.53. The molecule has 94 valence electrons. The van der Waals surface area contributed by atoms with Gasteiger partial charge < -0.3 is 15.8 Å². The van der Waals surface area contributed by atoms with Crippen LogP contribution in [-0.4, -0.2) is 5.11 Å². The number of anilines is 1. The molecule has 2 aromatic carbocycles. The average molecular weight is 269 g/mol. The largest absolute Gasteiger partial charge is 0.455 e. The predicted octanol–water partition coefficient (Wildman–Crippen LogP) is 3.01. The molecule has 0 radical (unpaired) electrons. The Kier molecular flexibility index (Phi) is 3.96. The molecule has 0 aliphatic carbocycles. The molecule has 2 aromatic rings. The van der Waals surface area contributed by atoms with E-state index in [-0.39, 0.29) is 5.11 Å². The summed E-state index contributed by atoms with van der Waals surface area (Å²) in [4.78, 5) is 0. The van der Waals surface area contributed by atoms with Crippen LogP contribution < -0.4 is 15.8 Å². The first-order chi connectivity index (χ1) is 9.19. The Balaban J connectivity index is 2.34. The second-order valence-corrected chi connectivity index (χ2v) is 4.17. The summed E-state index contributed by atoms with van der Waals surface area (Å²) in [5.41, 5.74) is 6.52. The van der Waals surface area contributed by atoms with Crippen molar-refractivity contribution in [3.05, 3.63) is 54.1 Å². The third-order valence-electron chi connectivity index (χ3n) is 2.34. The minimum absolute atomic E-state index is 0.119. The molecule has 4 nitrogen and oxygen atoms in total. The van der Waals surface area contributed by atoms with Crippen LogP contribution in [0.25, 0.3) is 0 Å². The number of benzene rings is 2. The zero-order chi connectivity index (χ0) is 13.7. The summed E-state index contributed by atoms with van der Waals surface area (Å²) in [6, 6.07) is 16.4. The Bertz CT molecular complexity index is 635. The van der Waals surface area contributed by atoms with E-state index in [1.807, 2.05) is 30.3 Å². The standard InChI is InChI=1S/C14H11N3OS/c15-9-10-6-7-13(12(8-10)17-14(16)19)18-11-4-2-1-3-5-11/h1-8H,(H3,16,17,19). The molecule has 0 unspecified atom stereocenters. The lowest BCUT2D eigenvalue weighted by molar-refractivity contribution is 0.485. The lowest BCUT2D eigenvalue weighted by Crippen LogP contribution is -2.19. The molecule has 3 N–H and O–H groups in total. The molecule has 2 rings (SSSR count). The smallest absolute Gasteiger partial charge is 0.168 e. The molecule has 0 aromatic heterocycles. The Morgan fingerprint density at radius 2 is 1.95 bits per heavy atom. The number of thiocarbonyl (C=S) groups is 1. The van der Waals surface area contributed by atoms with Gasteiger partial charge in [-0.15, -0.1) is 0 Å². The molecular formula is C14H11N3OS. The maximum atomic E-state index is 8.89. The van der Waals surface area contributed by atoms with E-state index in [9.17, 15) is 0 Å². The molecule has 0 amide bonds. The van der Waals surface area contributed by atoms with Crippen molar-refractivity contribution < 1.29 is 4.74 Å². The molecule has 0 aliphatic heterocycles. The average Bonchev–Trinajstić information content (AvgIpc) is 2.41. The molecule has 0 aliphatic rings. The lowest BCUT2D eigenvalue weighted by atomic mass is 10.2. The number of rotatable bonds is 3. The van der Waals surface area contributed by atoms with Gasteiger partial charge >= 0.3 is 0 Å². The summed E-state index contributed by atoms with van der Waals surface area (Å²) in [6.45, 7) is 0. The molecule has 0 fully saturated rings. The lowest BCUT2D eigenvalue weighted by Gasteiger charge is -2.12. The highest BCUT2D eigenvalue weighted by atomic mass is 32.1. The SMILES string of the molecule is N#Cc1ccc(Oc2ccccc2)c(NC(N)=S)c1. The highest BCUT2D eigenvalue weighted by molar-refractivity contribution is 7.80. The van der Waals surface area contributed by atoms with Crippen molar-refractivity contribution in [2.75, 3.05) is 5.32 Å². The van der Waals surface area contributed by atoms with Crippen molar-refractivity contribution >= 4 is 23.0 Å². The van der Waals surface area contributed by atoms with Crippen LogP contribution in [0.15, 0.2) is 48.5 Å². The normalized spacial score (nSPS) is 9.42. The van der Waals surface area contributed by atoms with E-state index in [0.717, 1.165) is 0 Å². The number of nitrogens with one attached hydrogen (secondary N) is 1. The van der Waals surface area contributed by atoms with E-state index in [1.54, 1.807) is 18.2 Å². The van der Waals surface area contributed by atoms with Gasteiger partial charge in [0.25, 0.3) is 0 Å². The molecule has 0 saturated carbocycles. The zero-order valence-corrected chi connectivity index (χ0v) is 10.8. The Hall–Kier alpha value is -2.58. The van der Waals surface area contributed by atoms with Crippen molar-refractivity contribution in [1.29, 1.82) is 5.26 Å². The summed E-state index contributed by atoms with van der Waals surface area (Å²) in [5, 5.41) is 11.8. The maximum absolute atomic E-state index is 8.89. The molecule has 0 heterocycles. The van der Waals surface area contributed by atoms with E-state index in [1.165, 1.54) is 0 Å². The summed E-state index contributed by atoms with van der Waals surface area (Å²) in [6.07, 6.45) is 0. The van der Waals surface area contributed by atoms with Gasteiger partial charge in [0.05, 0.1) is 17.3 Å². The highest BCUT2D eigenvalue weighted by Crippen LogP contribution is 2.30. The van der Waals surface area contributed by atoms with Gasteiger partial charge in [-0.25, -0.2) is 0 Å². The van der Waals surface area contributed by atoms with Gasteiger partial charge in [-0.05, 0) is 42.5 Å². The van der Waals surface area contributed by atoms with Gasteiger partial charge in [-0.2, -0.15) is 5.26 Å². The van der Waals surface area contributed by atoms with Crippen LogP contribution in [0.2, 0.25) is 0 Å². The van der Waals surface area contributed by atoms with Crippen molar-refractivity contribution in [3.63, 3.8) is 0 Å². The van der Waals surface area contributed by atoms with Crippen molar-refractivity contribution in [1.82, 2.24) is 0 Å². The Labute approximate surface area is 116 Å². The molecule has 0 saturated heterocycles. The molecule has 0 bridgehead atoms. The minimum atomic E-state index is 0.119. The van der Waals surface area contributed by atoms with Gasteiger partial charge in [0.1, 0.15) is 5.75 Å². The first kappa shape index (κ1) is 12.9. The highest BCUT2D eigenvalue weighted by Gasteiger charge is 2.07. The minimum Gasteiger partial charge on any atom is -0.455 e. The van der Waals surface area contributed by atoms with Gasteiger partial charge in [0.15, 0.2) is 10.9 Å². The molecule has 19 heavy (non-hydrogen) atoms. The number of hydrogen-bond acceptors (Lipinski definition) is 3. The first-order valence-electron chi connectivity index (χ1n) is 5.52. The second-order valence-electron chi connectivity index (χ2n) is 3.73. The van der Waals surface area contributed by atoms with Crippen molar-refractivity contribution in [3.8, 4) is 17.6 Å². The Morgan fingerprint density at radius 1 is 1.21 bits per heavy atom. The first-order valence-corrected chi connectivity index (χ1v) is 5.93. The summed E-state index contributed by atoms with van der Waals surface area (Å²) in [7, 11) is 0. The quantitative estimate of drug-likeness (QED) is 0.838. The van der Waals surface area contributed by atoms with Crippen LogP contribution in [0.1, 0.15) is 5.56 Å². The van der Waals surface area contributed by atoms with Crippen LogP contribution in [-0.2, 0) is 0 Å². The number of ether oxygens (including phenoxy) is 1. The monoisotopic (exact) mass is 269 g/mol. The number of para-hydroxylation sites is 1. The third kappa shape index (κ3) is 3.44. The van der Waals surface area contributed by atoms with Gasteiger partial charge in [-0.3, -0.25) is 0 Å². The number of hydrogen-bond donors (Lipinski definition) is 2. The maximum Gasteiger partial charge on any atom is 0.168 e.